The predicted octanol–water partition coefficient (Wildman–Crippen LogP) is 1.01. The average molecular weight is 424 g/mol. The first-order valence-electron chi connectivity index (χ1n) is 8.55. The van der Waals surface area contributed by atoms with Gasteiger partial charge in [-0.3, -0.25) is 0 Å². The Morgan fingerprint density at radius 2 is 1.05 bits per heavy atom. The van der Waals surface area contributed by atoms with Crippen molar-refractivity contribution >= 4 is 22.5 Å². The first kappa shape index (κ1) is 30.5. The van der Waals surface area contributed by atoms with Crippen LogP contribution in [0.5, 0.6) is 0 Å². The van der Waals surface area contributed by atoms with Gasteiger partial charge in [0.25, 0.3) is 0 Å². The summed E-state index contributed by atoms with van der Waals surface area (Å²) in [5.74, 6) is 0. The van der Waals surface area contributed by atoms with E-state index in [4.69, 9.17) is 0 Å². The third kappa shape index (κ3) is 70.3. The fourth-order valence-corrected chi connectivity index (χ4v) is 0.895. The van der Waals surface area contributed by atoms with Crippen molar-refractivity contribution in [2.45, 2.75) is 96.9 Å². The molecule has 5 heteroatoms. The number of hydrogen-bond acceptors (Lipinski definition) is 4. The van der Waals surface area contributed by atoms with Gasteiger partial charge in [-0.05, 0) is 0 Å². The second kappa shape index (κ2) is 29.6. The fraction of sp³-hybridized carbons (Fsp3) is 1.00. The minimum atomic E-state index is -0.366. The Hall–Kier alpha value is 0.639. The van der Waals surface area contributed by atoms with Crippen molar-refractivity contribution in [2.75, 3.05) is 13.1 Å². The van der Waals surface area contributed by atoms with Crippen LogP contribution >= 0.6 is 0 Å². The summed E-state index contributed by atoms with van der Waals surface area (Å²) in [5.41, 5.74) is 0. The molecule has 134 valence electrons. The summed E-state index contributed by atoms with van der Waals surface area (Å²) in [4.78, 5) is 0. The molecule has 0 aliphatic rings. The molecule has 1 N–H and O–H groups in total. The number of hydrogen-bond donors (Lipinski definition) is 1. The van der Waals surface area contributed by atoms with E-state index in [9.17, 15) is 15.3 Å². The standard InChI is InChI=1S/C5H12N.3C4H9O.Sn/c1-3-5-6-4-2;3*1-3-4(2)5;/h6H,1,3-5H2,2H3;3*4H,3H2,1-2H3;/q;3*-1;+3. The second-order valence-corrected chi connectivity index (χ2v) is 6.54. The van der Waals surface area contributed by atoms with Crippen LogP contribution in [0.15, 0.2) is 0 Å². The fourth-order valence-electron chi connectivity index (χ4n) is 0.390. The molecule has 0 amide bonds. The van der Waals surface area contributed by atoms with E-state index >= 15 is 0 Å². The molecule has 0 saturated carbocycles. The molecule has 0 radical (unpaired) electrons. The number of nitrogens with one attached hydrogen (secondary N) is 1. The van der Waals surface area contributed by atoms with Gasteiger partial charge in [0, 0.05) is 0 Å². The van der Waals surface area contributed by atoms with Crippen LogP contribution in [-0.4, -0.2) is 53.9 Å². The molecule has 0 heterocycles. The predicted molar refractivity (Wildman–Crippen MR) is 93.0 cm³/mol. The monoisotopic (exact) mass is 425 g/mol. The molecule has 0 saturated heterocycles. The average Bonchev–Trinajstić information content (AvgIpc) is 2.49. The minimum absolute atomic E-state index is 0.366. The topological polar surface area (TPSA) is 81.2 Å². The van der Waals surface area contributed by atoms with Crippen LogP contribution in [0.25, 0.3) is 0 Å². The van der Waals surface area contributed by atoms with Gasteiger partial charge in [-0.15, -0.1) is 18.3 Å². The first-order valence-corrected chi connectivity index (χ1v) is 10.6. The van der Waals surface area contributed by atoms with Gasteiger partial charge in [0.05, 0.1) is 0 Å². The molecule has 3 atom stereocenters. The van der Waals surface area contributed by atoms with Gasteiger partial charge >= 0.3 is 58.7 Å². The van der Waals surface area contributed by atoms with Crippen molar-refractivity contribution in [3.8, 4) is 0 Å². The summed E-state index contributed by atoms with van der Waals surface area (Å²) < 4.78 is 1.39. The third-order valence-corrected chi connectivity index (χ3v) is 3.51. The molecule has 0 aromatic heterocycles. The molecule has 4 nitrogen and oxygen atoms in total. The molecule has 0 rings (SSSR count). The number of rotatable bonds is 7. The van der Waals surface area contributed by atoms with Crippen molar-refractivity contribution in [1.82, 2.24) is 5.32 Å². The Bertz CT molecular complexity index is 134. The van der Waals surface area contributed by atoms with E-state index in [-0.39, 0.29) is 18.3 Å². The van der Waals surface area contributed by atoms with Gasteiger partial charge in [-0.25, -0.2) is 0 Å². The molecule has 0 aliphatic carbocycles. The van der Waals surface area contributed by atoms with Crippen molar-refractivity contribution in [3.05, 3.63) is 0 Å². The van der Waals surface area contributed by atoms with E-state index in [1.165, 1.54) is 17.4 Å². The van der Waals surface area contributed by atoms with Gasteiger partial charge in [-0.2, -0.15) is 0 Å². The van der Waals surface area contributed by atoms with E-state index in [0.29, 0.717) is 0 Å². The zero-order valence-corrected chi connectivity index (χ0v) is 18.8. The molecule has 22 heavy (non-hydrogen) atoms. The molecule has 0 bridgehead atoms. The van der Waals surface area contributed by atoms with Crippen molar-refractivity contribution in [1.29, 1.82) is 0 Å². The van der Waals surface area contributed by atoms with Crippen molar-refractivity contribution < 1.29 is 15.3 Å². The molecular formula is C17H39NO3Sn. The molecule has 0 spiro atoms. The zero-order valence-electron chi connectivity index (χ0n) is 15.9. The molecule has 0 aromatic carbocycles. The SMILES string of the molecule is CCC(C)[O-].CCC(C)[O-].CCC(C)[O-].CCNCC[CH2][Sn+3]. The Labute approximate surface area is 153 Å². The Balaban J connectivity index is -0.0000000995. The first-order chi connectivity index (χ1) is 10.2. The van der Waals surface area contributed by atoms with Crippen LogP contribution in [0.1, 0.15) is 74.1 Å². The maximum absolute atomic E-state index is 9.90. The second-order valence-electron chi connectivity index (χ2n) is 5.11. The van der Waals surface area contributed by atoms with Crippen molar-refractivity contribution in [3.63, 3.8) is 0 Å². The Morgan fingerprint density at radius 1 is 0.773 bits per heavy atom. The quantitative estimate of drug-likeness (QED) is 0.489. The summed E-state index contributed by atoms with van der Waals surface area (Å²) >= 11 is 1.66. The van der Waals surface area contributed by atoms with Crippen LogP contribution < -0.4 is 20.6 Å². The summed E-state index contributed by atoms with van der Waals surface area (Å²) in [6.07, 6.45) is 2.51. The molecule has 0 aliphatic heterocycles. The van der Waals surface area contributed by atoms with Gasteiger partial charge in [0.2, 0.25) is 0 Å². The normalized spacial score (nSPS) is 13.3. The van der Waals surface area contributed by atoms with Gasteiger partial charge in [-0.1, -0.05) is 60.8 Å². The summed E-state index contributed by atoms with van der Waals surface area (Å²) in [5, 5.41) is 33.0. The van der Waals surface area contributed by atoms with Crippen LogP contribution in [0, 0.1) is 0 Å². The summed E-state index contributed by atoms with van der Waals surface area (Å²) in [6.45, 7) is 15.1. The molecule has 3 unspecified atom stereocenters. The summed E-state index contributed by atoms with van der Waals surface area (Å²) in [6, 6.07) is 0. The summed E-state index contributed by atoms with van der Waals surface area (Å²) in [7, 11) is 0. The van der Waals surface area contributed by atoms with Crippen LogP contribution in [0.4, 0.5) is 0 Å². The third-order valence-electron chi connectivity index (χ3n) is 2.51. The molecule has 0 fully saturated rings. The van der Waals surface area contributed by atoms with Gasteiger partial charge in [0.1, 0.15) is 0 Å². The van der Waals surface area contributed by atoms with Crippen LogP contribution in [0.2, 0.25) is 4.44 Å². The Kier molecular flexibility index (Phi) is 41.1. The van der Waals surface area contributed by atoms with E-state index in [1.54, 1.807) is 43.3 Å². The van der Waals surface area contributed by atoms with E-state index in [2.05, 4.69) is 12.2 Å². The van der Waals surface area contributed by atoms with Crippen LogP contribution in [-0.2, 0) is 0 Å². The molecule has 0 aromatic rings. The van der Waals surface area contributed by atoms with E-state index in [0.717, 1.165) is 25.8 Å². The van der Waals surface area contributed by atoms with E-state index < -0.39 is 0 Å². The van der Waals surface area contributed by atoms with Gasteiger partial charge in [0.15, 0.2) is 0 Å². The molecular weight excluding hydrogens is 385 g/mol. The Morgan fingerprint density at radius 3 is 1.18 bits per heavy atom. The van der Waals surface area contributed by atoms with Crippen LogP contribution in [0.3, 0.4) is 0 Å². The zero-order chi connectivity index (χ0) is 18.4. The van der Waals surface area contributed by atoms with Crippen molar-refractivity contribution in [2.24, 2.45) is 0 Å². The van der Waals surface area contributed by atoms with E-state index in [1.807, 2.05) is 20.8 Å². The van der Waals surface area contributed by atoms with Gasteiger partial charge < -0.3 is 15.3 Å². The maximum atomic E-state index is 9.90.